The number of alkyl halides is 1. The van der Waals surface area contributed by atoms with Gasteiger partial charge in [0.15, 0.2) is 0 Å². The molecular formula is C8H11BFNO2. The van der Waals surface area contributed by atoms with Gasteiger partial charge < -0.3 is 15.4 Å². The van der Waals surface area contributed by atoms with E-state index in [2.05, 4.69) is 5.32 Å². The van der Waals surface area contributed by atoms with Crippen LogP contribution in [0.5, 0.6) is 0 Å². The first kappa shape index (κ1) is 10.0. The minimum absolute atomic E-state index is 0.265. The number of rotatable bonds is 4. The van der Waals surface area contributed by atoms with Crippen LogP contribution in [0.25, 0.3) is 0 Å². The average molecular weight is 183 g/mol. The van der Waals surface area contributed by atoms with Gasteiger partial charge in [-0.2, -0.15) is 0 Å². The third kappa shape index (κ3) is 3.04. The van der Waals surface area contributed by atoms with Gasteiger partial charge in [0, 0.05) is 12.2 Å². The fourth-order valence-electron chi connectivity index (χ4n) is 0.965. The van der Waals surface area contributed by atoms with Gasteiger partial charge in [-0.25, -0.2) is 4.39 Å². The molecule has 5 heteroatoms. The zero-order valence-electron chi connectivity index (χ0n) is 7.07. The highest BCUT2D eigenvalue weighted by atomic mass is 19.1. The van der Waals surface area contributed by atoms with Crippen LogP contribution in [0, 0.1) is 0 Å². The molecule has 0 aliphatic carbocycles. The van der Waals surface area contributed by atoms with Crippen molar-refractivity contribution in [2.45, 2.75) is 0 Å². The van der Waals surface area contributed by atoms with Crippen LogP contribution in [0.2, 0.25) is 0 Å². The molecule has 70 valence electrons. The van der Waals surface area contributed by atoms with Crippen molar-refractivity contribution in [1.29, 1.82) is 0 Å². The topological polar surface area (TPSA) is 52.5 Å². The normalized spacial score (nSPS) is 9.77. The summed E-state index contributed by atoms with van der Waals surface area (Å²) in [5.74, 6) is 0. The molecule has 0 fully saturated rings. The largest absolute Gasteiger partial charge is 0.488 e. The standard InChI is InChI=1S/C8H11BFNO2/c10-5-6-11-8-3-1-7(2-4-8)9(12)13/h1-4,11-13H,5-6H2. The van der Waals surface area contributed by atoms with Crippen molar-refractivity contribution >= 4 is 18.3 Å². The third-order valence-electron chi connectivity index (χ3n) is 1.63. The van der Waals surface area contributed by atoms with Crippen LogP contribution in [0.3, 0.4) is 0 Å². The maximum absolute atomic E-state index is 11.7. The monoisotopic (exact) mass is 183 g/mol. The molecule has 0 saturated heterocycles. The van der Waals surface area contributed by atoms with Crippen LogP contribution in [-0.2, 0) is 0 Å². The Kier molecular flexibility index (Phi) is 3.73. The molecule has 0 saturated carbocycles. The predicted octanol–water partition coefficient (Wildman–Crippen LogP) is -0.252. The van der Waals surface area contributed by atoms with E-state index in [4.69, 9.17) is 10.0 Å². The second kappa shape index (κ2) is 4.84. The summed E-state index contributed by atoms with van der Waals surface area (Å²) in [5, 5.41) is 20.4. The molecule has 1 aromatic carbocycles. The zero-order valence-corrected chi connectivity index (χ0v) is 7.07. The first-order chi connectivity index (χ1) is 6.24. The van der Waals surface area contributed by atoms with Gasteiger partial charge in [-0.3, -0.25) is 0 Å². The first-order valence-electron chi connectivity index (χ1n) is 4.00. The first-order valence-corrected chi connectivity index (χ1v) is 4.00. The van der Waals surface area contributed by atoms with E-state index in [1.54, 1.807) is 24.3 Å². The number of benzene rings is 1. The van der Waals surface area contributed by atoms with Crippen LogP contribution in [-0.4, -0.2) is 30.4 Å². The van der Waals surface area contributed by atoms with Crippen LogP contribution in [0.15, 0.2) is 24.3 Å². The van der Waals surface area contributed by atoms with Gasteiger partial charge in [-0.1, -0.05) is 12.1 Å². The second-order valence-electron chi connectivity index (χ2n) is 2.61. The molecule has 0 heterocycles. The van der Waals surface area contributed by atoms with E-state index in [1.807, 2.05) is 0 Å². The quantitative estimate of drug-likeness (QED) is 0.564. The van der Waals surface area contributed by atoms with Gasteiger partial charge >= 0.3 is 7.12 Å². The Labute approximate surface area is 76.4 Å². The van der Waals surface area contributed by atoms with E-state index in [0.29, 0.717) is 5.46 Å². The summed E-state index contributed by atoms with van der Waals surface area (Å²) in [4.78, 5) is 0. The summed E-state index contributed by atoms with van der Waals surface area (Å²) in [6, 6.07) is 6.49. The summed E-state index contributed by atoms with van der Waals surface area (Å²) >= 11 is 0. The Bertz CT molecular complexity index is 253. The molecule has 1 aromatic rings. The highest BCUT2D eigenvalue weighted by molar-refractivity contribution is 6.58. The zero-order chi connectivity index (χ0) is 9.68. The summed E-state index contributed by atoms with van der Waals surface area (Å²) in [7, 11) is -1.45. The maximum Gasteiger partial charge on any atom is 0.488 e. The number of nitrogens with one attached hydrogen (secondary N) is 1. The van der Waals surface area contributed by atoms with Crippen molar-refractivity contribution in [1.82, 2.24) is 0 Å². The van der Waals surface area contributed by atoms with E-state index in [-0.39, 0.29) is 6.54 Å². The Hall–Kier alpha value is -1.07. The molecule has 0 atom stereocenters. The van der Waals surface area contributed by atoms with E-state index in [0.717, 1.165) is 5.69 Å². The predicted molar refractivity (Wildman–Crippen MR) is 50.7 cm³/mol. The Balaban J connectivity index is 2.59. The fraction of sp³-hybridized carbons (Fsp3) is 0.250. The lowest BCUT2D eigenvalue weighted by atomic mass is 9.80. The van der Waals surface area contributed by atoms with Crippen molar-refractivity contribution in [3.8, 4) is 0 Å². The molecule has 0 radical (unpaired) electrons. The molecule has 0 bridgehead atoms. The summed E-state index contributed by atoms with van der Waals surface area (Å²) in [5.41, 5.74) is 1.19. The van der Waals surface area contributed by atoms with E-state index in [1.165, 1.54) is 0 Å². The van der Waals surface area contributed by atoms with Crippen molar-refractivity contribution in [3.63, 3.8) is 0 Å². The third-order valence-corrected chi connectivity index (χ3v) is 1.63. The molecule has 3 nitrogen and oxygen atoms in total. The molecule has 0 aliphatic rings. The summed E-state index contributed by atoms with van der Waals surface area (Å²) in [6.07, 6.45) is 0. The lowest BCUT2D eigenvalue weighted by Gasteiger charge is -2.04. The Morgan fingerprint density at radius 1 is 1.23 bits per heavy atom. The van der Waals surface area contributed by atoms with Crippen LogP contribution < -0.4 is 10.8 Å². The van der Waals surface area contributed by atoms with Gasteiger partial charge in [0.2, 0.25) is 0 Å². The van der Waals surface area contributed by atoms with Gasteiger partial charge in [-0.15, -0.1) is 0 Å². The van der Waals surface area contributed by atoms with Crippen molar-refractivity contribution in [2.75, 3.05) is 18.5 Å². The molecule has 1 rings (SSSR count). The Morgan fingerprint density at radius 3 is 2.31 bits per heavy atom. The smallest absolute Gasteiger partial charge is 0.423 e. The lowest BCUT2D eigenvalue weighted by molar-refractivity contribution is 0.426. The molecule has 13 heavy (non-hydrogen) atoms. The molecular weight excluding hydrogens is 172 g/mol. The van der Waals surface area contributed by atoms with Gasteiger partial charge in [0.1, 0.15) is 6.67 Å². The number of anilines is 1. The average Bonchev–Trinajstić information content (AvgIpc) is 2.15. The van der Waals surface area contributed by atoms with Crippen molar-refractivity contribution in [2.24, 2.45) is 0 Å². The molecule has 0 aromatic heterocycles. The molecule has 0 unspecified atom stereocenters. The number of hydrogen-bond acceptors (Lipinski definition) is 3. The van der Waals surface area contributed by atoms with Gasteiger partial charge in [-0.05, 0) is 17.6 Å². The number of halogens is 1. The Morgan fingerprint density at radius 2 is 1.85 bits per heavy atom. The molecule has 0 aliphatic heterocycles. The molecule has 0 amide bonds. The van der Waals surface area contributed by atoms with Crippen molar-refractivity contribution in [3.05, 3.63) is 24.3 Å². The highest BCUT2D eigenvalue weighted by Crippen LogP contribution is 2.03. The minimum atomic E-state index is -1.45. The highest BCUT2D eigenvalue weighted by Gasteiger charge is 2.09. The van der Waals surface area contributed by atoms with E-state index < -0.39 is 13.8 Å². The van der Waals surface area contributed by atoms with Gasteiger partial charge in [0.25, 0.3) is 0 Å². The van der Waals surface area contributed by atoms with E-state index in [9.17, 15) is 4.39 Å². The van der Waals surface area contributed by atoms with Gasteiger partial charge in [0.05, 0.1) is 0 Å². The number of hydrogen-bond donors (Lipinski definition) is 3. The maximum atomic E-state index is 11.7. The summed E-state index contributed by atoms with van der Waals surface area (Å²) in [6.45, 7) is -0.161. The fourth-order valence-corrected chi connectivity index (χ4v) is 0.965. The van der Waals surface area contributed by atoms with Crippen LogP contribution in [0.1, 0.15) is 0 Å². The molecule has 0 spiro atoms. The summed E-state index contributed by atoms with van der Waals surface area (Å²) < 4.78 is 11.7. The van der Waals surface area contributed by atoms with Crippen LogP contribution in [0.4, 0.5) is 10.1 Å². The lowest BCUT2D eigenvalue weighted by Crippen LogP contribution is -2.29. The molecule has 3 N–H and O–H groups in total. The van der Waals surface area contributed by atoms with Crippen molar-refractivity contribution < 1.29 is 14.4 Å². The van der Waals surface area contributed by atoms with E-state index >= 15 is 0 Å². The SMILES string of the molecule is OB(O)c1ccc(NCCF)cc1. The second-order valence-corrected chi connectivity index (χ2v) is 2.61. The minimum Gasteiger partial charge on any atom is -0.423 e. The van der Waals surface area contributed by atoms with Crippen LogP contribution >= 0.6 is 0 Å².